The number of nitrogens with zero attached hydrogens (tertiary/aromatic N) is 5. The number of rotatable bonds is 7. The summed E-state index contributed by atoms with van der Waals surface area (Å²) < 4.78 is 19.8. The predicted octanol–water partition coefficient (Wildman–Crippen LogP) is 1.24. The van der Waals surface area contributed by atoms with Crippen LogP contribution in [0.2, 0.25) is 0 Å². The Morgan fingerprint density at radius 2 is 2.07 bits per heavy atom. The second-order valence-corrected chi connectivity index (χ2v) is 8.02. The van der Waals surface area contributed by atoms with Crippen LogP contribution in [-0.2, 0) is 9.47 Å². The Bertz CT molecular complexity index is 824. The van der Waals surface area contributed by atoms with Gasteiger partial charge in [-0.2, -0.15) is 4.68 Å². The highest BCUT2D eigenvalue weighted by Gasteiger charge is 2.49. The summed E-state index contributed by atoms with van der Waals surface area (Å²) >= 11 is 0. The van der Waals surface area contributed by atoms with Crippen molar-refractivity contribution >= 4 is 5.69 Å². The monoisotopic (exact) mass is 386 g/mol. The van der Waals surface area contributed by atoms with Crippen LogP contribution in [0.15, 0.2) is 24.3 Å². The van der Waals surface area contributed by atoms with Crippen molar-refractivity contribution in [1.29, 1.82) is 0 Å². The first-order valence-corrected chi connectivity index (χ1v) is 9.89. The van der Waals surface area contributed by atoms with E-state index in [1.807, 2.05) is 43.3 Å². The van der Waals surface area contributed by atoms with Crippen LogP contribution in [0.4, 0.5) is 5.69 Å². The van der Waals surface area contributed by atoms with Gasteiger partial charge in [-0.05, 0) is 47.9 Å². The maximum absolute atomic E-state index is 6.07. The van der Waals surface area contributed by atoms with Crippen LogP contribution in [0.5, 0.6) is 11.8 Å². The maximum Gasteiger partial charge on any atom is 0.341 e. The van der Waals surface area contributed by atoms with Gasteiger partial charge in [-0.25, -0.2) is 0 Å². The van der Waals surface area contributed by atoms with Crippen LogP contribution in [-0.4, -0.2) is 72.3 Å². The van der Waals surface area contributed by atoms with Gasteiger partial charge in [0.25, 0.3) is 0 Å². The van der Waals surface area contributed by atoms with E-state index in [2.05, 4.69) is 20.8 Å². The molecule has 4 atom stereocenters. The van der Waals surface area contributed by atoms with Crippen molar-refractivity contribution < 1.29 is 14.2 Å². The minimum Gasteiger partial charge on any atom is -0.423 e. The van der Waals surface area contributed by atoms with E-state index in [-0.39, 0.29) is 24.3 Å². The largest absolute Gasteiger partial charge is 0.423 e. The molecule has 9 heteroatoms. The van der Waals surface area contributed by atoms with E-state index in [4.69, 9.17) is 14.2 Å². The molecule has 0 unspecified atom stereocenters. The maximum atomic E-state index is 6.07. The SMILES string of the molecule is CN(C)c1cccc(Oc2nnnn2[C@H]2CO[C@H]3[C@@H]2OC[C@@H]3NCC2CC2)c1. The molecular weight excluding hydrogens is 360 g/mol. The molecule has 0 spiro atoms. The highest BCUT2D eigenvalue weighted by Crippen LogP contribution is 2.37. The quantitative estimate of drug-likeness (QED) is 0.761. The van der Waals surface area contributed by atoms with E-state index in [0.29, 0.717) is 25.0 Å². The third kappa shape index (κ3) is 3.45. The summed E-state index contributed by atoms with van der Waals surface area (Å²) in [6, 6.07) is 8.30. The molecule has 2 saturated heterocycles. The van der Waals surface area contributed by atoms with Crippen LogP contribution < -0.4 is 15.0 Å². The van der Waals surface area contributed by atoms with Gasteiger partial charge in [0.15, 0.2) is 0 Å². The molecule has 1 aliphatic carbocycles. The molecular formula is C19H26N6O3. The van der Waals surface area contributed by atoms with Gasteiger partial charge in [0.1, 0.15) is 24.0 Å². The molecule has 0 amide bonds. The molecule has 2 aliphatic heterocycles. The molecule has 0 bridgehead atoms. The minimum absolute atomic E-state index is 0.0258. The molecule has 1 saturated carbocycles. The van der Waals surface area contributed by atoms with Crippen LogP contribution in [0.3, 0.4) is 0 Å². The summed E-state index contributed by atoms with van der Waals surface area (Å²) in [5.74, 6) is 1.52. The number of ether oxygens (including phenoxy) is 3. The smallest absolute Gasteiger partial charge is 0.341 e. The van der Waals surface area contributed by atoms with Crippen LogP contribution in [0.25, 0.3) is 0 Å². The lowest BCUT2D eigenvalue weighted by Gasteiger charge is -2.18. The Labute approximate surface area is 163 Å². The zero-order chi connectivity index (χ0) is 19.1. The third-order valence-corrected chi connectivity index (χ3v) is 5.71. The van der Waals surface area contributed by atoms with Crippen molar-refractivity contribution in [2.75, 3.05) is 38.8 Å². The van der Waals surface area contributed by atoms with Crippen LogP contribution in [0, 0.1) is 5.92 Å². The van der Waals surface area contributed by atoms with Gasteiger partial charge >= 0.3 is 6.01 Å². The number of nitrogens with one attached hydrogen (secondary N) is 1. The number of aromatic nitrogens is 4. The van der Waals surface area contributed by atoms with Crippen LogP contribution in [0.1, 0.15) is 18.9 Å². The molecule has 1 aromatic heterocycles. The van der Waals surface area contributed by atoms with Gasteiger partial charge < -0.3 is 24.4 Å². The molecule has 9 nitrogen and oxygen atoms in total. The second-order valence-electron chi connectivity index (χ2n) is 8.02. The second kappa shape index (κ2) is 7.31. The van der Waals surface area contributed by atoms with E-state index >= 15 is 0 Å². The number of tetrazole rings is 1. The van der Waals surface area contributed by atoms with E-state index in [9.17, 15) is 0 Å². The van der Waals surface area contributed by atoms with Crippen molar-refractivity contribution in [3.63, 3.8) is 0 Å². The molecule has 0 radical (unpaired) electrons. The first-order chi connectivity index (χ1) is 13.7. The average molecular weight is 386 g/mol. The van der Waals surface area contributed by atoms with E-state index in [1.54, 1.807) is 4.68 Å². The summed E-state index contributed by atoms with van der Waals surface area (Å²) in [6.45, 7) is 2.21. The summed E-state index contributed by atoms with van der Waals surface area (Å²) in [7, 11) is 3.98. The lowest BCUT2D eigenvalue weighted by molar-refractivity contribution is 0.0611. The van der Waals surface area contributed by atoms with Gasteiger partial charge in [0, 0.05) is 25.8 Å². The van der Waals surface area contributed by atoms with Gasteiger partial charge in [-0.1, -0.05) is 11.2 Å². The highest BCUT2D eigenvalue weighted by molar-refractivity contribution is 5.49. The summed E-state index contributed by atoms with van der Waals surface area (Å²) in [4.78, 5) is 2.02. The molecule has 150 valence electrons. The summed E-state index contributed by atoms with van der Waals surface area (Å²) in [5.41, 5.74) is 1.05. The number of anilines is 1. The zero-order valence-corrected chi connectivity index (χ0v) is 16.2. The number of hydrogen-bond donors (Lipinski definition) is 1. The van der Waals surface area contributed by atoms with Crippen molar-refractivity contribution in [2.24, 2.45) is 5.92 Å². The number of fused-ring (bicyclic) bond motifs is 1. The Kier molecular flexibility index (Phi) is 4.65. The molecule has 3 aliphatic rings. The zero-order valence-electron chi connectivity index (χ0n) is 16.2. The molecule has 1 N–H and O–H groups in total. The fourth-order valence-electron chi connectivity index (χ4n) is 3.90. The third-order valence-electron chi connectivity index (χ3n) is 5.71. The van der Waals surface area contributed by atoms with Gasteiger partial charge in [0.2, 0.25) is 0 Å². The average Bonchev–Trinajstić information content (AvgIpc) is 3.08. The molecule has 3 fully saturated rings. The van der Waals surface area contributed by atoms with E-state index in [0.717, 1.165) is 18.2 Å². The van der Waals surface area contributed by atoms with Crippen LogP contribution >= 0.6 is 0 Å². The Morgan fingerprint density at radius 3 is 2.89 bits per heavy atom. The van der Waals surface area contributed by atoms with Gasteiger partial charge in [-0.15, -0.1) is 0 Å². The normalized spacial score (nSPS) is 29.1. The number of benzene rings is 1. The lowest BCUT2D eigenvalue weighted by atomic mass is 10.1. The first kappa shape index (κ1) is 17.8. The fourth-order valence-corrected chi connectivity index (χ4v) is 3.90. The minimum atomic E-state index is -0.0974. The standard InChI is InChI=1S/C19H26N6O3/c1-24(2)13-4-3-5-14(8-13)28-19-21-22-23-25(19)16-11-27-17-15(10-26-18(16)17)20-9-12-6-7-12/h3-5,8,12,15-18,20H,6-7,9-11H2,1-2H3/t15-,16-,17+,18+/m0/s1. The first-order valence-electron chi connectivity index (χ1n) is 9.89. The van der Waals surface area contributed by atoms with Crippen molar-refractivity contribution in [2.45, 2.75) is 37.1 Å². The summed E-state index contributed by atoms with van der Waals surface area (Å²) in [6.07, 6.45) is 2.62. The number of hydrogen-bond acceptors (Lipinski definition) is 8. The van der Waals surface area contributed by atoms with E-state index < -0.39 is 0 Å². The highest BCUT2D eigenvalue weighted by atomic mass is 16.6. The van der Waals surface area contributed by atoms with Gasteiger partial charge in [-0.3, -0.25) is 0 Å². The molecule has 5 rings (SSSR count). The molecule has 28 heavy (non-hydrogen) atoms. The van der Waals surface area contributed by atoms with Crippen molar-refractivity contribution in [1.82, 2.24) is 25.5 Å². The predicted molar refractivity (Wildman–Crippen MR) is 102 cm³/mol. The fraction of sp³-hybridized carbons (Fsp3) is 0.632. The molecule has 1 aromatic carbocycles. The van der Waals surface area contributed by atoms with Gasteiger partial charge in [0.05, 0.1) is 19.3 Å². The van der Waals surface area contributed by atoms with Crippen molar-refractivity contribution in [3.05, 3.63) is 24.3 Å². The topological polar surface area (TPSA) is 86.6 Å². The van der Waals surface area contributed by atoms with Crippen molar-refractivity contribution in [3.8, 4) is 11.8 Å². The Balaban J connectivity index is 1.29. The molecule has 2 aromatic rings. The van der Waals surface area contributed by atoms with E-state index in [1.165, 1.54) is 12.8 Å². The Hall–Kier alpha value is -2.23. The Morgan fingerprint density at radius 1 is 1.21 bits per heavy atom. The lowest BCUT2D eigenvalue weighted by Crippen LogP contribution is -2.41. The summed E-state index contributed by atoms with van der Waals surface area (Å²) in [5, 5.41) is 15.7. The molecule has 3 heterocycles.